The summed E-state index contributed by atoms with van der Waals surface area (Å²) < 4.78 is 6.98. The highest BCUT2D eigenvalue weighted by atomic mass is 79.9. The van der Waals surface area contributed by atoms with Crippen LogP contribution in [0.15, 0.2) is 45.3 Å². The van der Waals surface area contributed by atoms with Gasteiger partial charge in [-0.05, 0) is 43.7 Å². The van der Waals surface area contributed by atoms with E-state index in [9.17, 15) is 4.79 Å². The quantitative estimate of drug-likeness (QED) is 0.615. The molecular formula is C18H15BrN2O2S. The number of aryl methyl sites for hydroxylation is 1. The first-order chi connectivity index (χ1) is 11.5. The maximum absolute atomic E-state index is 12.4. The average Bonchev–Trinajstić information content (AvgIpc) is 3.14. The lowest BCUT2D eigenvalue weighted by Crippen LogP contribution is -2.37. The summed E-state index contributed by atoms with van der Waals surface area (Å²) in [6, 6.07) is 11.7. The Balaban J connectivity index is 1.64. The van der Waals surface area contributed by atoms with E-state index in [2.05, 4.69) is 26.6 Å². The van der Waals surface area contributed by atoms with Crippen molar-refractivity contribution in [2.24, 2.45) is 0 Å². The van der Waals surface area contributed by atoms with Crippen molar-refractivity contribution >= 4 is 38.2 Å². The Kier molecular flexibility index (Phi) is 3.73. The molecule has 6 heteroatoms. The van der Waals surface area contributed by atoms with E-state index in [1.807, 2.05) is 50.2 Å². The van der Waals surface area contributed by atoms with E-state index in [4.69, 9.17) is 4.42 Å². The summed E-state index contributed by atoms with van der Waals surface area (Å²) in [6.07, 6.45) is -0.355. The van der Waals surface area contributed by atoms with Gasteiger partial charge >= 0.3 is 0 Å². The third-order valence-corrected chi connectivity index (χ3v) is 5.87. The van der Waals surface area contributed by atoms with Crippen molar-refractivity contribution in [2.45, 2.75) is 20.0 Å². The molecule has 0 saturated heterocycles. The predicted molar refractivity (Wildman–Crippen MR) is 99.5 cm³/mol. The number of benzene rings is 1. The molecule has 1 atom stereocenters. The van der Waals surface area contributed by atoms with Crippen molar-refractivity contribution in [1.82, 2.24) is 5.32 Å². The highest BCUT2D eigenvalue weighted by Crippen LogP contribution is 2.38. The van der Waals surface area contributed by atoms with E-state index in [-0.39, 0.29) is 12.1 Å². The number of rotatable bonds is 2. The normalized spacial score (nSPS) is 16.5. The van der Waals surface area contributed by atoms with Gasteiger partial charge in [-0.1, -0.05) is 28.1 Å². The smallest absolute Gasteiger partial charge is 0.256 e. The van der Waals surface area contributed by atoms with Crippen LogP contribution in [0.2, 0.25) is 0 Å². The Morgan fingerprint density at radius 1 is 1.08 bits per heavy atom. The Labute approximate surface area is 152 Å². The van der Waals surface area contributed by atoms with E-state index in [1.165, 1.54) is 0 Å². The molecule has 1 aliphatic rings. The van der Waals surface area contributed by atoms with Crippen molar-refractivity contribution in [3.05, 3.63) is 62.6 Å². The second-order valence-electron chi connectivity index (χ2n) is 5.75. The molecule has 0 spiro atoms. The molecule has 1 aliphatic heterocycles. The Bertz CT molecular complexity index is 927. The number of furan rings is 1. The average molecular weight is 403 g/mol. The SMILES string of the molecule is Cc1sc2c(c1C)C(=O)N[C@@H](c1ccc(-c3ccc(Br)cc3)o1)N2. The lowest BCUT2D eigenvalue weighted by atomic mass is 10.1. The number of carbonyl (C=O) groups excluding carboxylic acids is 1. The predicted octanol–water partition coefficient (Wildman–Crippen LogP) is 5.24. The van der Waals surface area contributed by atoms with Gasteiger partial charge in [0.15, 0.2) is 6.17 Å². The van der Waals surface area contributed by atoms with Crippen LogP contribution >= 0.6 is 27.3 Å². The van der Waals surface area contributed by atoms with Gasteiger partial charge in [-0.2, -0.15) is 0 Å². The lowest BCUT2D eigenvalue weighted by Gasteiger charge is -2.24. The minimum absolute atomic E-state index is 0.0582. The van der Waals surface area contributed by atoms with E-state index >= 15 is 0 Å². The first kappa shape index (κ1) is 15.5. The fraction of sp³-hybridized carbons (Fsp3) is 0.167. The zero-order valence-electron chi connectivity index (χ0n) is 13.1. The summed E-state index contributed by atoms with van der Waals surface area (Å²) in [5.74, 6) is 1.41. The fourth-order valence-corrected chi connectivity index (χ4v) is 4.14. The van der Waals surface area contributed by atoms with Gasteiger partial charge in [-0.25, -0.2) is 0 Å². The zero-order chi connectivity index (χ0) is 16.8. The molecule has 4 rings (SSSR count). The number of fused-ring (bicyclic) bond motifs is 1. The largest absolute Gasteiger partial charge is 0.457 e. The molecule has 0 fully saturated rings. The molecule has 122 valence electrons. The van der Waals surface area contributed by atoms with E-state index in [0.29, 0.717) is 5.76 Å². The van der Waals surface area contributed by atoms with Crippen molar-refractivity contribution in [3.8, 4) is 11.3 Å². The Morgan fingerprint density at radius 2 is 1.83 bits per heavy atom. The molecule has 1 aromatic carbocycles. The number of hydrogen-bond acceptors (Lipinski definition) is 4. The number of halogens is 1. The molecule has 0 radical (unpaired) electrons. The van der Waals surface area contributed by atoms with Gasteiger partial charge in [0.2, 0.25) is 0 Å². The van der Waals surface area contributed by atoms with Crippen LogP contribution < -0.4 is 10.6 Å². The molecule has 24 heavy (non-hydrogen) atoms. The summed E-state index contributed by atoms with van der Waals surface area (Å²) in [5.41, 5.74) is 2.77. The molecule has 2 aromatic heterocycles. The van der Waals surface area contributed by atoms with E-state index < -0.39 is 0 Å². The number of amides is 1. The minimum Gasteiger partial charge on any atom is -0.457 e. The number of thiophene rings is 1. The molecular weight excluding hydrogens is 388 g/mol. The number of carbonyl (C=O) groups is 1. The van der Waals surface area contributed by atoms with Crippen molar-refractivity contribution in [3.63, 3.8) is 0 Å². The Hall–Kier alpha value is -2.05. The van der Waals surface area contributed by atoms with E-state index in [0.717, 1.165) is 36.8 Å². The van der Waals surface area contributed by atoms with Crippen molar-refractivity contribution < 1.29 is 9.21 Å². The van der Waals surface area contributed by atoms with Gasteiger partial charge in [-0.15, -0.1) is 11.3 Å². The van der Waals surface area contributed by atoms with Crippen molar-refractivity contribution in [2.75, 3.05) is 5.32 Å². The van der Waals surface area contributed by atoms with Gasteiger partial charge in [0.1, 0.15) is 16.5 Å². The standard InChI is InChI=1S/C18H15BrN2O2S/c1-9-10(2)24-18-15(9)17(22)20-16(21-18)14-8-7-13(23-14)11-3-5-12(19)6-4-11/h3-8,16,21H,1-2H3,(H,20,22)/t16-/m1/s1. The second kappa shape index (κ2) is 5.79. The summed E-state index contributed by atoms with van der Waals surface area (Å²) in [7, 11) is 0. The highest BCUT2D eigenvalue weighted by Gasteiger charge is 2.30. The molecule has 2 N–H and O–H groups in total. The van der Waals surface area contributed by atoms with Crippen LogP contribution in [-0.2, 0) is 0 Å². The topological polar surface area (TPSA) is 54.3 Å². The molecule has 0 unspecified atom stereocenters. The first-order valence-corrected chi connectivity index (χ1v) is 9.17. The van der Waals surface area contributed by atoms with Gasteiger partial charge in [0.05, 0.1) is 5.56 Å². The first-order valence-electron chi connectivity index (χ1n) is 7.56. The molecule has 1 amide bonds. The van der Waals surface area contributed by atoms with Crippen LogP contribution in [-0.4, -0.2) is 5.91 Å². The minimum atomic E-state index is -0.355. The monoisotopic (exact) mass is 402 g/mol. The maximum Gasteiger partial charge on any atom is 0.256 e. The number of hydrogen-bond donors (Lipinski definition) is 2. The van der Waals surface area contributed by atoms with Gasteiger partial charge in [0, 0.05) is 14.9 Å². The van der Waals surface area contributed by atoms with Gasteiger partial charge in [-0.3, -0.25) is 4.79 Å². The summed E-state index contributed by atoms with van der Waals surface area (Å²) >= 11 is 5.03. The Morgan fingerprint density at radius 3 is 2.58 bits per heavy atom. The van der Waals surface area contributed by atoms with E-state index in [1.54, 1.807) is 11.3 Å². The third kappa shape index (κ3) is 2.56. The number of anilines is 1. The van der Waals surface area contributed by atoms with Crippen LogP contribution in [0.25, 0.3) is 11.3 Å². The highest BCUT2D eigenvalue weighted by molar-refractivity contribution is 9.10. The molecule has 3 heterocycles. The zero-order valence-corrected chi connectivity index (χ0v) is 15.5. The molecule has 0 saturated carbocycles. The van der Waals surface area contributed by atoms with Crippen LogP contribution in [0.4, 0.5) is 5.00 Å². The molecule has 3 aromatic rings. The third-order valence-electron chi connectivity index (χ3n) is 4.20. The molecule has 4 nitrogen and oxygen atoms in total. The van der Waals surface area contributed by atoms with Crippen LogP contribution in [0.5, 0.6) is 0 Å². The van der Waals surface area contributed by atoms with Gasteiger partial charge in [0.25, 0.3) is 5.91 Å². The van der Waals surface area contributed by atoms with Crippen molar-refractivity contribution in [1.29, 1.82) is 0 Å². The summed E-state index contributed by atoms with van der Waals surface area (Å²) in [4.78, 5) is 13.6. The molecule has 0 bridgehead atoms. The molecule has 0 aliphatic carbocycles. The van der Waals surface area contributed by atoms with Crippen LogP contribution in [0.1, 0.15) is 32.7 Å². The van der Waals surface area contributed by atoms with Gasteiger partial charge < -0.3 is 15.1 Å². The summed E-state index contributed by atoms with van der Waals surface area (Å²) in [5, 5.41) is 7.24. The van der Waals surface area contributed by atoms with Crippen LogP contribution in [0, 0.1) is 13.8 Å². The summed E-state index contributed by atoms with van der Waals surface area (Å²) in [6.45, 7) is 4.01. The second-order valence-corrected chi connectivity index (χ2v) is 7.89. The maximum atomic E-state index is 12.4. The number of nitrogens with one attached hydrogen (secondary N) is 2. The lowest BCUT2D eigenvalue weighted by molar-refractivity contribution is 0.0931. The fourth-order valence-electron chi connectivity index (χ4n) is 2.79. The van der Waals surface area contributed by atoms with Crippen LogP contribution in [0.3, 0.4) is 0 Å².